The zero-order valence-corrected chi connectivity index (χ0v) is 27.1. The molecular weight excluding hydrogens is 537 g/mol. The zero-order chi connectivity index (χ0) is 29.1. The topological polar surface area (TPSA) is 61.8 Å². The Morgan fingerprint density at radius 1 is 0.925 bits per heavy atom. The minimum absolute atomic E-state index is 0.0352. The van der Waals surface area contributed by atoms with Crippen LogP contribution < -0.4 is 0 Å². The first kappa shape index (κ1) is 31.2. The fourth-order valence-electron chi connectivity index (χ4n) is 5.94. The van der Waals surface area contributed by atoms with Gasteiger partial charge in [0.1, 0.15) is 0 Å². The van der Waals surface area contributed by atoms with E-state index in [1.807, 2.05) is 25.1 Å². The molecule has 2 aromatic rings. The summed E-state index contributed by atoms with van der Waals surface area (Å²) in [6, 6.07) is 17.2. The van der Waals surface area contributed by atoms with E-state index in [2.05, 4.69) is 65.1 Å². The smallest absolute Gasteiger partial charge is 0.296 e. The fourth-order valence-corrected chi connectivity index (χ4v) is 8.28. The van der Waals surface area contributed by atoms with Crippen LogP contribution in [-0.2, 0) is 30.1 Å². The highest BCUT2D eigenvalue weighted by Crippen LogP contribution is 2.49. The molecule has 0 N–H and O–H groups in total. The van der Waals surface area contributed by atoms with Gasteiger partial charge < -0.3 is 9.16 Å². The van der Waals surface area contributed by atoms with Gasteiger partial charge in [-0.1, -0.05) is 87.9 Å². The maximum absolute atomic E-state index is 13.0. The predicted molar refractivity (Wildman–Crippen MR) is 164 cm³/mol. The van der Waals surface area contributed by atoms with Crippen molar-refractivity contribution in [3.8, 4) is 0 Å². The lowest BCUT2D eigenvalue weighted by atomic mass is 9.62. The number of ether oxygens (including phenoxy) is 1. The largest absolute Gasteiger partial charge is 0.414 e. The van der Waals surface area contributed by atoms with E-state index >= 15 is 0 Å². The maximum Gasteiger partial charge on any atom is 0.296 e. The maximum atomic E-state index is 13.0. The number of hydrogen-bond donors (Lipinski definition) is 0. The van der Waals surface area contributed by atoms with Crippen LogP contribution in [0.5, 0.6) is 0 Å². The Morgan fingerprint density at radius 3 is 2.25 bits per heavy atom. The lowest BCUT2D eigenvalue weighted by Crippen LogP contribution is -2.53. The molecule has 0 radical (unpaired) electrons. The summed E-state index contributed by atoms with van der Waals surface area (Å²) in [4.78, 5) is 0.211. The molecule has 2 aliphatic rings. The van der Waals surface area contributed by atoms with Crippen LogP contribution in [0.1, 0.15) is 51.7 Å². The molecule has 1 saturated carbocycles. The molecule has 7 heteroatoms. The molecule has 0 amide bonds. The van der Waals surface area contributed by atoms with Crippen LogP contribution in [0, 0.1) is 36.5 Å². The Bertz CT molecular complexity index is 1230. The Balaban J connectivity index is 1.52. The Hall–Kier alpha value is -1.77. The van der Waals surface area contributed by atoms with Gasteiger partial charge in [0.25, 0.3) is 10.1 Å². The third-order valence-corrected chi connectivity index (χ3v) is 15.2. The van der Waals surface area contributed by atoms with Crippen LogP contribution in [0.15, 0.2) is 71.6 Å². The number of benzene rings is 2. The second-order valence-electron chi connectivity index (χ2n) is 13.5. The van der Waals surface area contributed by atoms with Crippen molar-refractivity contribution in [2.45, 2.75) is 83.2 Å². The van der Waals surface area contributed by atoms with Gasteiger partial charge in [0.15, 0.2) is 8.32 Å². The van der Waals surface area contributed by atoms with Gasteiger partial charge in [-0.2, -0.15) is 8.42 Å². The molecule has 0 saturated heterocycles. The van der Waals surface area contributed by atoms with Crippen LogP contribution >= 0.6 is 0 Å². The summed E-state index contributed by atoms with van der Waals surface area (Å²) in [7, 11) is -5.89. The summed E-state index contributed by atoms with van der Waals surface area (Å²) in [5.74, 6) is 1.46. The first-order valence-electron chi connectivity index (χ1n) is 14.7. The minimum atomic E-state index is -3.81. The summed E-state index contributed by atoms with van der Waals surface area (Å²) in [6.07, 6.45) is 6.41. The van der Waals surface area contributed by atoms with E-state index in [0.717, 1.165) is 18.4 Å². The number of rotatable bonds is 10. The van der Waals surface area contributed by atoms with Gasteiger partial charge in [0.2, 0.25) is 0 Å². The first-order chi connectivity index (χ1) is 18.8. The molecule has 0 heterocycles. The first-order valence-corrected chi connectivity index (χ1v) is 19.0. The van der Waals surface area contributed by atoms with Crippen molar-refractivity contribution in [1.82, 2.24) is 0 Å². The van der Waals surface area contributed by atoms with E-state index in [4.69, 9.17) is 13.3 Å². The summed E-state index contributed by atoms with van der Waals surface area (Å²) in [5.41, 5.74) is 2.20. The number of aryl methyl sites for hydroxylation is 1. The molecule has 2 aliphatic carbocycles. The van der Waals surface area contributed by atoms with Gasteiger partial charge in [0, 0.05) is 6.10 Å². The highest BCUT2D eigenvalue weighted by molar-refractivity contribution is 7.86. The normalized spacial score (nSPS) is 27.4. The molecule has 0 unspecified atom stereocenters. The van der Waals surface area contributed by atoms with E-state index in [-0.39, 0.29) is 28.6 Å². The number of hydrogen-bond acceptors (Lipinski definition) is 5. The van der Waals surface area contributed by atoms with Crippen molar-refractivity contribution in [2.75, 3.05) is 13.2 Å². The molecule has 0 bridgehead atoms. The lowest BCUT2D eigenvalue weighted by molar-refractivity contribution is -0.0523. The van der Waals surface area contributed by atoms with Gasteiger partial charge in [-0.05, 0) is 85.2 Å². The van der Waals surface area contributed by atoms with E-state index in [1.165, 1.54) is 5.56 Å². The lowest BCUT2D eigenvalue weighted by Gasteiger charge is -2.51. The molecule has 6 atom stereocenters. The average molecular weight is 585 g/mol. The van der Waals surface area contributed by atoms with Crippen molar-refractivity contribution in [3.63, 3.8) is 0 Å². The van der Waals surface area contributed by atoms with E-state index in [1.54, 1.807) is 24.3 Å². The number of allylic oxidation sites excluding steroid dienone is 2. The molecule has 2 aromatic carbocycles. The van der Waals surface area contributed by atoms with Crippen molar-refractivity contribution >= 4 is 18.4 Å². The summed E-state index contributed by atoms with van der Waals surface area (Å²) in [5, 5.41) is 0.0795. The molecule has 4 rings (SSSR count). The van der Waals surface area contributed by atoms with Crippen LogP contribution in [0.2, 0.25) is 18.1 Å². The molecule has 0 aliphatic heterocycles. The van der Waals surface area contributed by atoms with Crippen molar-refractivity contribution < 1.29 is 21.8 Å². The monoisotopic (exact) mass is 584 g/mol. The van der Waals surface area contributed by atoms with Gasteiger partial charge in [-0.25, -0.2) is 0 Å². The third kappa shape index (κ3) is 7.54. The highest BCUT2D eigenvalue weighted by Gasteiger charge is 2.49. The quantitative estimate of drug-likeness (QED) is 0.162. The SMILES string of the molecule is Cc1ccc(S(=O)(=O)OC[C@@H]2C[C@H](O[Si](C)(C)C(C)(C)C)[C@@H]3[C@@H](COCc4ccccc4)[C@@H](C)C=C[C@H]3C2)cc1. The van der Waals surface area contributed by atoms with E-state index in [0.29, 0.717) is 36.9 Å². The molecular formula is C33H48O5SSi. The second-order valence-corrected chi connectivity index (χ2v) is 19.8. The van der Waals surface area contributed by atoms with Gasteiger partial charge >= 0.3 is 0 Å². The second kappa shape index (κ2) is 12.6. The summed E-state index contributed by atoms with van der Waals surface area (Å²) >= 11 is 0. The van der Waals surface area contributed by atoms with Crippen LogP contribution in [0.4, 0.5) is 0 Å². The van der Waals surface area contributed by atoms with Gasteiger partial charge in [0.05, 0.1) is 24.7 Å². The average Bonchev–Trinajstić information content (AvgIpc) is 2.89. The Morgan fingerprint density at radius 2 is 1.60 bits per heavy atom. The fraction of sp³-hybridized carbons (Fsp3) is 0.576. The highest BCUT2D eigenvalue weighted by atomic mass is 32.2. The van der Waals surface area contributed by atoms with Crippen molar-refractivity contribution in [3.05, 3.63) is 77.9 Å². The standard InChI is InChI=1S/C33H48O5SSi/c1-24-13-17-29(18-14-24)39(34,35)37-22-27-19-28-16-15-25(2)30(23-36-21-26-11-9-8-10-12-26)32(28)31(20-27)38-40(6,7)33(3,4)5/h8-18,25,27-28,30-32H,19-23H2,1-7H3/t25-,27-,28-,30-,31-,32-/m0/s1. The molecule has 0 aromatic heterocycles. The Kier molecular flexibility index (Phi) is 9.83. The van der Waals surface area contributed by atoms with Crippen molar-refractivity contribution in [1.29, 1.82) is 0 Å². The van der Waals surface area contributed by atoms with Crippen LogP contribution in [0.3, 0.4) is 0 Å². The summed E-state index contributed by atoms with van der Waals surface area (Å²) < 4.78 is 45.1. The van der Waals surface area contributed by atoms with Gasteiger partial charge in [-0.3, -0.25) is 4.18 Å². The Labute approximate surface area is 243 Å². The van der Waals surface area contributed by atoms with E-state index in [9.17, 15) is 8.42 Å². The zero-order valence-electron chi connectivity index (χ0n) is 25.3. The molecule has 5 nitrogen and oxygen atoms in total. The van der Waals surface area contributed by atoms with Gasteiger partial charge in [-0.15, -0.1) is 0 Å². The predicted octanol–water partition coefficient (Wildman–Crippen LogP) is 7.77. The third-order valence-electron chi connectivity index (χ3n) is 9.37. The van der Waals surface area contributed by atoms with Crippen molar-refractivity contribution in [2.24, 2.45) is 29.6 Å². The molecule has 1 fully saturated rings. The molecule has 40 heavy (non-hydrogen) atoms. The molecule has 220 valence electrons. The van der Waals surface area contributed by atoms with Crippen LogP contribution in [0.25, 0.3) is 0 Å². The van der Waals surface area contributed by atoms with E-state index < -0.39 is 18.4 Å². The van der Waals surface area contributed by atoms with Crippen LogP contribution in [-0.4, -0.2) is 36.1 Å². The summed E-state index contributed by atoms with van der Waals surface area (Å²) in [6.45, 7) is 17.1. The minimum Gasteiger partial charge on any atom is -0.414 e. The molecule has 0 spiro atoms. The number of fused-ring (bicyclic) bond motifs is 1.